The van der Waals surface area contributed by atoms with Crippen LogP contribution in [0.1, 0.15) is 39.2 Å². The first-order valence-corrected chi connectivity index (χ1v) is 5.28. The Morgan fingerprint density at radius 2 is 2.13 bits per heavy atom. The van der Waals surface area contributed by atoms with Crippen molar-refractivity contribution >= 4 is 5.82 Å². The lowest BCUT2D eigenvalue weighted by atomic mass is 9.95. The molecule has 0 spiro atoms. The highest BCUT2D eigenvalue weighted by Gasteiger charge is 2.19. The van der Waals surface area contributed by atoms with E-state index in [1.54, 1.807) is 18.3 Å². The van der Waals surface area contributed by atoms with Gasteiger partial charge >= 0.3 is 0 Å². The predicted octanol–water partition coefficient (Wildman–Crippen LogP) is 2.94. The van der Waals surface area contributed by atoms with Gasteiger partial charge in [0.25, 0.3) is 0 Å². The van der Waals surface area contributed by atoms with Crippen molar-refractivity contribution in [1.82, 2.24) is 4.98 Å². The van der Waals surface area contributed by atoms with Gasteiger partial charge in [-0.1, -0.05) is 13.8 Å². The van der Waals surface area contributed by atoms with Crippen LogP contribution in [0.2, 0.25) is 0 Å². The summed E-state index contributed by atoms with van der Waals surface area (Å²) in [5.74, 6) is 0.778. The number of hydrogen-bond acceptors (Lipinski definition) is 3. The summed E-state index contributed by atoms with van der Waals surface area (Å²) < 4.78 is 0. The average molecular weight is 203 g/mol. The van der Waals surface area contributed by atoms with E-state index >= 15 is 0 Å². The SMILES string of the molecule is CCC(C)(CC)Nc1cc(C#N)ccn1. The van der Waals surface area contributed by atoms with Crippen LogP contribution in [0.15, 0.2) is 18.3 Å². The average Bonchev–Trinajstić information content (AvgIpc) is 2.29. The van der Waals surface area contributed by atoms with Crippen molar-refractivity contribution < 1.29 is 0 Å². The zero-order valence-electron chi connectivity index (χ0n) is 9.54. The molecule has 0 saturated carbocycles. The molecular formula is C12H17N3. The molecule has 0 aliphatic carbocycles. The lowest BCUT2D eigenvalue weighted by Gasteiger charge is -2.28. The van der Waals surface area contributed by atoms with Crippen LogP contribution >= 0.6 is 0 Å². The van der Waals surface area contributed by atoms with E-state index in [4.69, 9.17) is 5.26 Å². The second-order valence-electron chi connectivity index (χ2n) is 3.93. The van der Waals surface area contributed by atoms with Crippen LogP contribution in [0.4, 0.5) is 5.82 Å². The molecule has 3 heteroatoms. The molecule has 1 aromatic heterocycles. The molecule has 0 aliphatic rings. The van der Waals surface area contributed by atoms with E-state index in [0.717, 1.165) is 18.7 Å². The topological polar surface area (TPSA) is 48.7 Å². The van der Waals surface area contributed by atoms with E-state index in [1.165, 1.54) is 0 Å². The molecule has 1 aromatic rings. The third kappa shape index (κ3) is 2.95. The van der Waals surface area contributed by atoms with Crippen LogP contribution in [0.3, 0.4) is 0 Å². The van der Waals surface area contributed by atoms with Gasteiger partial charge in [-0.25, -0.2) is 4.98 Å². The fraction of sp³-hybridized carbons (Fsp3) is 0.500. The highest BCUT2D eigenvalue weighted by Crippen LogP contribution is 2.20. The van der Waals surface area contributed by atoms with Crippen molar-refractivity contribution in [2.75, 3.05) is 5.32 Å². The van der Waals surface area contributed by atoms with E-state index < -0.39 is 0 Å². The second kappa shape index (κ2) is 4.79. The largest absolute Gasteiger partial charge is 0.365 e. The zero-order chi connectivity index (χ0) is 11.3. The molecular weight excluding hydrogens is 186 g/mol. The summed E-state index contributed by atoms with van der Waals surface area (Å²) in [7, 11) is 0. The van der Waals surface area contributed by atoms with Gasteiger partial charge in [0.2, 0.25) is 0 Å². The smallest absolute Gasteiger partial charge is 0.127 e. The maximum Gasteiger partial charge on any atom is 0.127 e. The number of pyridine rings is 1. The Labute approximate surface area is 91.1 Å². The minimum Gasteiger partial charge on any atom is -0.365 e. The minimum absolute atomic E-state index is 0.0566. The monoisotopic (exact) mass is 203 g/mol. The first-order valence-electron chi connectivity index (χ1n) is 5.28. The molecule has 0 aromatic carbocycles. The fourth-order valence-corrected chi connectivity index (χ4v) is 1.30. The van der Waals surface area contributed by atoms with Gasteiger partial charge in [0.15, 0.2) is 0 Å². The molecule has 0 aliphatic heterocycles. The summed E-state index contributed by atoms with van der Waals surface area (Å²) in [6.45, 7) is 6.45. The molecule has 3 nitrogen and oxygen atoms in total. The summed E-state index contributed by atoms with van der Waals surface area (Å²) in [6.07, 6.45) is 3.72. The fourth-order valence-electron chi connectivity index (χ4n) is 1.30. The maximum absolute atomic E-state index is 8.77. The molecule has 15 heavy (non-hydrogen) atoms. The van der Waals surface area contributed by atoms with Crippen LogP contribution in [0.5, 0.6) is 0 Å². The van der Waals surface area contributed by atoms with Crippen LogP contribution in [-0.2, 0) is 0 Å². The third-order valence-corrected chi connectivity index (χ3v) is 2.88. The number of nitrogens with zero attached hydrogens (tertiary/aromatic N) is 2. The maximum atomic E-state index is 8.77. The second-order valence-corrected chi connectivity index (χ2v) is 3.93. The summed E-state index contributed by atoms with van der Waals surface area (Å²) in [6, 6.07) is 5.60. The van der Waals surface area contributed by atoms with E-state index in [0.29, 0.717) is 5.56 Å². The Kier molecular flexibility index (Phi) is 3.68. The Balaban J connectivity index is 2.85. The van der Waals surface area contributed by atoms with Gasteiger partial charge in [-0.3, -0.25) is 0 Å². The summed E-state index contributed by atoms with van der Waals surface area (Å²) in [5, 5.41) is 12.1. The van der Waals surface area contributed by atoms with Crippen LogP contribution < -0.4 is 5.32 Å². The van der Waals surface area contributed by atoms with Crippen molar-refractivity contribution in [3.8, 4) is 6.07 Å². The van der Waals surface area contributed by atoms with Crippen LogP contribution in [0.25, 0.3) is 0 Å². The minimum atomic E-state index is 0.0566. The molecule has 0 amide bonds. The van der Waals surface area contributed by atoms with Crippen molar-refractivity contribution in [2.45, 2.75) is 39.2 Å². The van der Waals surface area contributed by atoms with Crippen molar-refractivity contribution in [3.05, 3.63) is 23.9 Å². The van der Waals surface area contributed by atoms with E-state index in [2.05, 4.69) is 37.1 Å². The number of aromatic nitrogens is 1. The molecule has 1 heterocycles. The molecule has 1 rings (SSSR count). The van der Waals surface area contributed by atoms with E-state index in [1.807, 2.05) is 0 Å². The number of nitriles is 1. The normalized spacial score (nSPS) is 10.8. The molecule has 0 atom stereocenters. The summed E-state index contributed by atoms with van der Waals surface area (Å²) >= 11 is 0. The van der Waals surface area contributed by atoms with Gasteiger partial charge in [-0.15, -0.1) is 0 Å². The number of rotatable bonds is 4. The highest BCUT2D eigenvalue weighted by molar-refractivity contribution is 5.44. The highest BCUT2D eigenvalue weighted by atomic mass is 15.0. The third-order valence-electron chi connectivity index (χ3n) is 2.88. The Bertz CT molecular complexity index is 361. The molecule has 0 unspecified atom stereocenters. The Morgan fingerprint density at radius 1 is 1.47 bits per heavy atom. The number of hydrogen-bond donors (Lipinski definition) is 1. The molecule has 0 radical (unpaired) electrons. The Hall–Kier alpha value is -1.56. The first kappa shape index (κ1) is 11.5. The molecule has 0 fully saturated rings. The van der Waals surface area contributed by atoms with Gasteiger partial charge in [-0.05, 0) is 31.9 Å². The summed E-state index contributed by atoms with van der Waals surface area (Å²) in [4.78, 5) is 4.21. The zero-order valence-corrected chi connectivity index (χ0v) is 9.54. The lowest BCUT2D eigenvalue weighted by molar-refractivity contribution is 0.477. The Morgan fingerprint density at radius 3 is 2.67 bits per heavy atom. The van der Waals surface area contributed by atoms with Crippen LogP contribution in [0, 0.1) is 11.3 Å². The van der Waals surface area contributed by atoms with Crippen molar-refractivity contribution in [1.29, 1.82) is 5.26 Å². The first-order chi connectivity index (χ1) is 7.13. The number of nitrogens with one attached hydrogen (secondary N) is 1. The van der Waals surface area contributed by atoms with E-state index in [-0.39, 0.29) is 5.54 Å². The molecule has 80 valence electrons. The van der Waals surface area contributed by atoms with Gasteiger partial charge in [0.1, 0.15) is 5.82 Å². The molecule has 1 N–H and O–H groups in total. The summed E-state index contributed by atoms with van der Waals surface area (Å²) in [5.41, 5.74) is 0.697. The molecule has 0 bridgehead atoms. The predicted molar refractivity (Wildman–Crippen MR) is 61.6 cm³/mol. The number of anilines is 1. The van der Waals surface area contributed by atoms with Gasteiger partial charge in [-0.2, -0.15) is 5.26 Å². The van der Waals surface area contributed by atoms with E-state index in [9.17, 15) is 0 Å². The quantitative estimate of drug-likeness (QED) is 0.818. The van der Waals surface area contributed by atoms with Crippen LogP contribution in [-0.4, -0.2) is 10.5 Å². The molecule has 0 saturated heterocycles. The van der Waals surface area contributed by atoms with Gasteiger partial charge in [0.05, 0.1) is 11.6 Å². The van der Waals surface area contributed by atoms with Crippen molar-refractivity contribution in [2.24, 2.45) is 0 Å². The van der Waals surface area contributed by atoms with Crippen molar-refractivity contribution in [3.63, 3.8) is 0 Å². The lowest BCUT2D eigenvalue weighted by Crippen LogP contribution is -2.33. The van der Waals surface area contributed by atoms with Gasteiger partial charge < -0.3 is 5.32 Å². The standard InChI is InChI=1S/C12H17N3/c1-4-12(3,5-2)15-11-8-10(9-13)6-7-14-11/h6-8H,4-5H2,1-3H3,(H,14,15). The van der Waals surface area contributed by atoms with Gasteiger partial charge in [0, 0.05) is 11.7 Å².